The molecule has 2 aromatic carbocycles. The van der Waals surface area contributed by atoms with E-state index in [4.69, 9.17) is 0 Å². The minimum atomic E-state index is -0.196. The number of nitrogens with one attached hydrogen (secondary N) is 1. The summed E-state index contributed by atoms with van der Waals surface area (Å²) in [6, 6.07) is 13.5. The number of hydrogen-bond acceptors (Lipinski definition) is 2. The van der Waals surface area contributed by atoms with E-state index < -0.39 is 0 Å². The highest BCUT2D eigenvalue weighted by Crippen LogP contribution is 2.27. The highest BCUT2D eigenvalue weighted by molar-refractivity contribution is 5.70. The summed E-state index contributed by atoms with van der Waals surface area (Å²) in [5.74, 6) is -0.196. The summed E-state index contributed by atoms with van der Waals surface area (Å²) >= 11 is 0. The molecule has 0 unspecified atom stereocenters. The molecule has 1 N–H and O–H groups in total. The molecule has 0 atom stereocenters. The van der Waals surface area contributed by atoms with Crippen molar-refractivity contribution < 1.29 is 4.39 Å². The molecule has 0 fully saturated rings. The van der Waals surface area contributed by atoms with Gasteiger partial charge in [0, 0.05) is 25.8 Å². The van der Waals surface area contributed by atoms with Gasteiger partial charge in [-0.1, -0.05) is 74.2 Å². The summed E-state index contributed by atoms with van der Waals surface area (Å²) in [5.41, 5.74) is 6.49. The Kier molecular flexibility index (Phi) is 8.67. The van der Waals surface area contributed by atoms with Crippen molar-refractivity contribution in [2.45, 2.75) is 27.2 Å². The number of anilines is 1. The monoisotopic (exact) mass is 404 g/mol. The normalized spacial score (nSPS) is 11.6. The van der Waals surface area contributed by atoms with Crippen LogP contribution < -0.4 is 10.2 Å². The van der Waals surface area contributed by atoms with Crippen LogP contribution in [-0.2, 0) is 0 Å². The highest BCUT2D eigenvalue weighted by Gasteiger charge is 2.09. The molecule has 0 heterocycles. The van der Waals surface area contributed by atoms with E-state index in [9.17, 15) is 4.39 Å². The van der Waals surface area contributed by atoms with Gasteiger partial charge in [0.05, 0.1) is 5.69 Å². The Hall–Kier alpha value is -3.07. The first kappa shape index (κ1) is 23.2. The highest BCUT2D eigenvalue weighted by atomic mass is 19.1. The molecule has 0 amide bonds. The summed E-state index contributed by atoms with van der Waals surface area (Å²) < 4.78 is 14.6. The lowest BCUT2D eigenvalue weighted by Gasteiger charge is -2.19. The third-order valence-corrected chi connectivity index (χ3v) is 5.01. The molecular formula is C27H33FN2. The smallest absolute Gasteiger partial charge is 0.147 e. The van der Waals surface area contributed by atoms with Gasteiger partial charge < -0.3 is 10.2 Å². The summed E-state index contributed by atoms with van der Waals surface area (Å²) in [5, 5.41) is 3.37. The molecule has 0 aliphatic carbocycles. The van der Waals surface area contributed by atoms with Crippen molar-refractivity contribution in [2.75, 3.05) is 25.0 Å². The standard InChI is InChI=1S/C27H33FN2/c1-7-9-10-25(20(3)4)19-29-21(5)22-11-13-23(14-12-22)24-15-16-27(26(28)18-24)30(6)17-8-2/h7,9-16,18,29H,3,5,8,17,19H2,1-2,4,6H3/b9-7-,25-10-. The lowest BCUT2D eigenvalue weighted by Crippen LogP contribution is -2.18. The number of rotatable bonds is 10. The van der Waals surface area contributed by atoms with Crippen molar-refractivity contribution in [1.29, 1.82) is 0 Å². The summed E-state index contributed by atoms with van der Waals surface area (Å²) in [6.45, 7) is 15.8. The fraction of sp³-hybridized carbons (Fsp3) is 0.259. The number of hydrogen-bond donors (Lipinski definition) is 1. The van der Waals surface area contributed by atoms with Gasteiger partial charge in [-0.3, -0.25) is 0 Å². The van der Waals surface area contributed by atoms with Crippen LogP contribution in [0.4, 0.5) is 10.1 Å². The number of nitrogens with zero attached hydrogens (tertiary/aromatic N) is 1. The van der Waals surface area contributed by atoms with Crippen LogP contribution in [-0.4, -0.2) is 20.1 Å². The van der Waals surface area contributed by atoms with Crippen LogP contribution in [0.1, 0.15) is 32.8 Å². The summed E-state index contributed by atoms with van der Waals surface area (Å²) in [6.07, 6.45) is 7.04. The first-order valence-corrected chi connectivity index (χ1v) is 10.4. The zero-order chi connectivity index (χ0) is 22.1. The molecule has 0 aromatic heterocycles. The molecule has 0 aliphatic rings. The molecule has 0 bridgehead atoms. The molecule has 2 nitrogen and oxygen atoms in total. The van der Waals surface area contributed by atoms with Crippen LogP contribution in [0.5, 0.6) is 0 Å². The molecule has 0 saturated heterocycles. The van der Waals surface area contributed by atoms with Crippen molar-refractivity contribution in [3.05, 3.63) is 96.4 Å². The minimum absolute atomic E-state index is 0.196. The van der Waals surface area contributed by atoms with E-state index in [0.29, 0.717) is 12.2 Å². The Bertz CT molecular complexity index is 936. The maximum atomic E-state index is 14.6. The average Bonchev–Trinajstić information content (AvgIpc) is 2.73. The molecule has 0 aliphatic heterocycles. The molecule has 0 spiro atoms. The fourth-order valence-electron chi connectivity index (χ4n) is 3.18. The zero-order valence-electron chi connectivity index (χ0n) is 18.6. The topological polar surface area (TPSA) is 15.3 Å². The summed E-state index contributed by atoms with van der Waals surface area (Å²) in [4.78, 5) is 1.95. The third kappa shape index (κ3) is 6.21. The van der Waals surface area contributed by atoms with Crippen molar-refractivity contribution in [1.82, 2.24) is 5.32 Å². The molecule has 0 saturated carbocycles. The van der Waals surface area contributed by atoms with E-state index in [1.165, 1.54) is 0 Å². The SMILES string of the molecule is C=C(C)/C(=C\C=C/C)CNC(=C)c1ccc(-c2ccc(N(C)CCC)c(F)c2)cc1. The first-order chi connectivity index (χ1) is 14.4. The van der Waals surface area contributed by atoms with Gasteiger partial charge in [-0.2, -0.15) is 0 Å². The lowest BCUT2D eigenvalue weighted by molar-refractivity contribution is 0.622. The maximum Gasteiger partial charge on any atom is 0.147 e. The van der Waals surface area contributed by atoms with Crippen molar-refractivity contribution in [3.8, 4) is 11.1 Å². The van der Waals surface area contributed by atoms with Gasteiger partial charge in [0.1, 0.15) is 5.82 Å². The lowest BCUT2D eigenvalue weighted by atomic mass is 10.0. The van der Waals surface area contributed by atoms with E-state index >= 15 is 0 Å². The Morgan fingerprint density at radius 1 is 1.10 bits per heavy atom. The van der Waals surface area contributed by atoms with Crippen LogP contribution >= 0.6 is 0 Å². The van der Waals surface area contributed by atoms with Crippen LogP contribution in [0, 0.1) is 5.82 Å². The van der Waals surface area contributed by atoms with E-state index in [2.05, 4.69) is 31.5 Å². The van der Waals surface area contributed by atoms with Crippen LogP contribution in [0.25, 0.3) is 16.8 Å². The minimum Gasteiger partial charge on any atom is -0.381 e. The van der Waals surface area contributed by atoms with Gasteiger partial charge in [-0.25, -0.2) is 4.39 Å². The third-order valence-electron chi connectivity index (χ3n) is 5.01. The van der Waals surface area contributed by atoms with Gasteiger partial charge in [0.2, 0.25) is 0 Å². The predicted molar refractivity (Wildman–Crippen MR) is 130 cm³/mol. The molecular weight excluding hydrogens is 371 g/mol. The van der Waals surface area contributed by atoms with Crippen molar-refractivity contribution in [2.24, 2.45) is 0 Å². The Morgan fingerprint density at radius 2 is 1.77 bits per heavy atom. The molecule has 2 aromatic rings. The van der Waals surface area contributed by atoms with Crippen LogP contribution in [0.15, 0.2) is 85.0 Å². The number of allylic oxidation sites excluding steroid dienone is 3. The molecule has 158 valence electrons. The van der Waals surface area contributed by atoms with E-state index in [0.717, 1.165) is 46.5 Å². The van der Waals surface area contributed by atoms with Gasteiger partial charge >= 0.3 is 0 Å². The number of benzene rings is 2. The Morgan fingerprint density at radius 3 is 2.33 bits per heavy atom. The van der Waals surface area contributed by atoms with Crippen LogP contribution in [0.3, 0.4) is 0 Å². The maximum absolute atomic E-state index is 14.6. The van der Waals surface area contributed by atoms with Gasteiger partial charge in [-0.15, -0.1) is 0 Å². The van der Waals surface area contributed by atoms with E-state index in [1.54, 1.807) is 6.07 Å². The zero-order valence-corrected chi connectivity index (χ0v) is 18.6. The van der Waals surface area contributed by atoms with E-state index in [1.807, 2.05) is 74.3 Å². The predicted octanol–water partition coefficient (Wildman–Crippen LogP) is 6.98. The molecule has 2 rings (SSSR count). The quantitative estimate of drug-likeness (QED) is 0.430. The second-order valence-electron chi connectivity index (χ2n) is 7.50. The van der Waals surface area contributed by atoms with Gasteiger partial charge in [0.25, 0.3) is 0 Å². The summed E-state index contributed by atoms with van der Waals surface area (Å²) in [7, 11) is 1.92. The van der Waals surface area contributed by atoms with Crippen LogP contribution in [0.2, 0.25) is 0 Å². The second kappa shape index (κ2) is 11.2. The molecule has 30 heavy (non-hydrogen) atoms. The Balaban J connectivity index is 2.10. The van der Waals surface area contributed by atoms with Gasteiger partial charge in [-0.05, 0) is 54.7 Å². The molecule has 3 heteroatoms. The largest absolute Gasteiger partial charge is 0.381 e. The second-order valence-corrected chi connectivity index (χ2v) is 7.50. The van der Waals surface area contributed by atoms with Crippen molar-refractivity contribution >= 4 is 11.4 Å². The van der Waals surface area contributed by atoms with Crippen molar-refractivity contribution in [3.63, 3.8) is 0 Å². The number of halogens is 1. The van der Waals surface area contributed by atoms with Gasteiger partial charge in [0.15, 0.2) is 0 Å². The van der Waals surface area contributed by atoms with E-state index in [-0.39, 0.29) is 5.82 Å². The first-order valence-electron chi connectivity index (χ1n) is 10.4. The Labute approximate surface area is 181 Å². The fourth-order valence-corrected chi connectivity index (χ4v) is 3.18. The molecule has 0 radical (unpaired) electrons. The average molecular weight is 405 g/mol.